The Kier molecular flexibility index (Phi) is 5.03. The third-order valence-electron chi connectivity index (χ3n) is 4.30. The number of benzene rings is 2. The molecule has 1 aliphatic heterocycles. The van der Waals surface area contributed by atoms with Crippen LogP contribution in [0.15, 0.2) is 48.5 Å². The smallest absolute Gasteiger partial charge is 0.256 e. The van der Waals surface area contributed by atoms with Crippen LogP contribution in [0.5, 0.6) is 0 Å². The topological polar surface area (TPSA) is 107 Å². The van der Waals surface area contributed by atoms with Crippen LogP contribution in [-0.4, -0.2) is 29.6 Å². The van der Waals surface area contributed by atoms with Gasteiger partial charge in [0.15, 0.2) is 5.78 Å². The van der Waals surface area contributed by atoms with Gasteiger partial charge in [0, 0.05) is 23.6 Å². The number of amides is 2. The second-order valence-corrected chi connectivity index (χ2v) is 6.32. The summed E-state index contributed by atoms with van der Waals surface area (Å²) in [5.41, 5.74) is 1.97. The number of anilines is 2. The van der Waals surface area contributed by atoms with Crippen molar-refractivity contribution in [2.45, 2.75) is 25.8 Å². The number of aliphatic carboxylic acids is 1. The van der Waals surface area contributed by atoms with E-state index in [1.807, 2.05) is 0 Å². The molecule has 2 aromatic rings. The maximum absolute atomic E-state index is 12.7. The highest BCUT2D eigenvalue weighted by Gasteiger charge is 2.39. The number of carboxylic acid groups (broad SMARTS) is 1. The Balaban J connectivity index is 1.75. The second-order valence-electron chi connectivity index (χ2n) is 6.32. The van der Waals surface area contributed by atoms with E-state index in [4.69, 9.17) is 0 Å². The highest BCUT2D eigenvalue weighted by Crippen LogP contribution is 2.26. The molecule has 1 atom stereocenters. The van der Waals surface area contributed by atoms with Crippen LogP contribution in [0, 0.1) is 0 Å². The quantitative estimate of drug-likeness (QED) is 0.603. The van der Waals surface area contributed by atoms with Gasteiger partial charge < -0.3 is 15.2 Å². The molecule has 0 spiro atoms. The minimum absolute atomic E-state index is 0.00999. The second kappa shape index (κ2) is 7.41. The number of imide groups is 1. The molecule has 7 nitrogen and oxygen atoms in total. The lowest BCUT2D eigenvalue weighted by atomic mass is 10.1. The van der Waals surface area contributed by atoms with Gasteiger partial charge in [-0.2, -0.15) is 0 Å². The SMILES string of the molecule is CC(=O)c1cccc(N2C(=O)C[C@H](Nc3ccc(CC(=O)[O-])cc3)C2=O)c1. The van der Waals surface area contributed by atoms with Crippen molar-refractivity contribution in [2.24, 2.45) is 0 Å². The molecule has 1 N–H and O–H groups in total. The number of carbonyl (C=O) groups is 4. The fourth-order valence-electron chi connectivity index (χ4n) is 2.97. The Morgan fingerprint density at radius 1 is 1.15 bits per heavy atom. The van der Waals surface area contributed by atoms with Gasteiger partial charge in [-0.05, 0) is 36.8 Å². The van der Waals surface area contributed by atoms with Crippen molar-refractivity contribution in [3.8, 4) is 0 Å². The predicted octanol–water partition coefficient (Wildman–Crippen LogP) is 0.926. The fourth-order valence-corrected chi connectivity index (χ4v) is 2.97. The number of hydrogen-bond acceptors (Lipinski definition) is 6. The Hall–Kier alpha value is -3.48. The van der Waals surface area contributed by atoms with Gasteiger partial charge in [-0.3, -0.25) is 14.4 Å². The number of Topliss-reactive ketones (excluding diaryl/α,β-unsaturated/α-hetero) is 1. The van der Waals surface area contributed by atoms with E-state index < -0.39 is 17.9 Å². The summed E-state index contributed by atoms with van der Waals surface area (Å²) in [6.45, 7) is 1.42. The van der Waals surface area contributed by atoms with Crippen LogP contribution in [0.2, 0.25) is 0 Å². The van der Waals surface area contributed by atoms with Crippen molar-refractivity contribution in [1.29, 1.82) is 0 Å². The number of ketones is 1. The molecular formula is C20H17N2O5-. The molecule has 1 heterocycles. The van der Waals surface area contributed by atoms with E-state index in [2.05, 4.69) is 5.32 Å². The van der Waals surface area contributed by atoms with Crippen molar-refractivity contribution in [3.63, 3.8) is 0 Å². The molecule has 0 saturated carbocycles. The van der Waals surface area contributed by atoms with Gasteiger partial charge in [-0.25, -0.2) is 4.90 Å². The third kappa shape index (κ3) is 4.03. The maximum atomic E-state index is 12.7. The standard InChI is InChI=1S/C20H18N2O5/c1-12(23)14-3-2-4-16(10-14)22-18(24)11-17(20(22)27)21-15-7-5-13(6-8-15)9-19(25)26/h2-8,10,17,21H,9,11H2,1H3,(H,25,26)/p-1/t17-/m0/s1. The van der Waals surface area contributed by atoms with E-state index in [-0.39, 0.29) is 24.5 Å². The number of hydrogen-bond donors (Lipinski definition) is 1. The van der Waals surface area contributed by atoms with Crippen molar-refractivity contribution in [1.82, 2.24) is 0 Å². The van der Waals surface area contributed by atoms with E-state index in [1.54, 1.807) is 42.5 Å². The molecule has 2 amide bonds. The summed E-state index contributed by atoms with van der Waals surface area (Å²) in [6, 6.07) is 12.2. The summed E-state index contributed by atoms with van der Waals surface area (Å²) >= 11 is 0. The average Bonchev–Trinajstić information content (AvgIpc) is 2.90. The number of nitrogens with zero attached hydrogens (tertiary/aromatic N) is 1. The Morgan fingerprint density at radius 3 is 2.48 bits per heavy atom. The van der Waals surface area contributed by atoms with Crippen LogP contribution in [0.25, 0.3) is 0 Å². The van der Waals surface area contributed by atoms with Crippen molar-refractivity contribution < 1.29 is 24.3 Å². The number of nitrogens with one attached hydrogen (secondary N) is 1. The molecule has 0 unspecified atom stereocenters. The molecule has 7 heteroatoms. The van der Waals surface area contributed by atoms with Gasteiger partial charge >= 0.3 is 0 Å². The molecule has 2 aromatic carbocycles. The first-order valence-corrected chi connectivity index (χ1v) is 8.38. The van der Waals surface area contributed by atoms with E-state index in [0.29, 0.717) is 22.5 Å². The molecular weight excluding hydrogens is 348 g/mol. The van der Waals surface area contributed by atoms with Crippen molar-refractivity contribution in [3.05, 3.63) is 59.7 Å². The van der Waals surface area contributed by atoms with Gasteiger partial charge in [0.05, 0.1) is 12.1 Å². The lowest BCUT2D eigenvalue weighted by molar-refractivity contribution is -0.304. The van der Waals surface area contributed by atoms with Crippen LogP contribution in [0.3, 0.4) is 0 Å². The lowest BCUT2D eigenvalue weighted by Crippen LogP contribution is -2.34. The molecule has 0 aliphatic carbocycles. The van der Waals surface area contributed by atoms with Gasteiger partial charge in [0.2, 0.25) is 5.91 Å². The lowest BCUT2D eigenvalue weighted by Gasteiger charge is -2.17. The summed E-state index contributed by atoms with van der Waals surface area (Å²) in [5, 5.41) is 13.6. The monoisotopic (exact) mass is 365 g/mol. The molecule has 3 rings (SSSR count). The fraction of sp³-hybridized carbons (Fsp3) is 0.200. The highest BCUT2D eigenvalue weighted by atomic mass is 16.4. The molecule has 1 aliphatic rings. The first-order valence-electron chi connectivity index (χ1n) is 8.38. The van der Waals surface area contributed by atoms with E-state index >= 15 is 0 Å². The molecule has 0 bridgehead atoms. The Bertz CT molecular complexity index is 920. The van der Waals surface area contributed by atoms with Crippen LogP contribution in [0.1, 0.15) is 29.3 Å². The molecule has 1 saturated heterocycles. The zero-order chi connectivity index (χ0) is 19.6. The van der Waals surface area contributed by atoms with Crippen LogP contribution >= 0.6 is 0 Å². The largest absolute Gasteiger partial charge is 0.550 e. The summed E-state index contributed by atoms with van der Waals surface area (Å²) in [4.78, 5) is 48.3. The van der Waals surface area contributed by atoms with Gasteiger partial charge in [0.1, 0.15) is 6.04 Å². The van der Waals surface area contributed by atoms with Crippen LogP contribution < -0.4 is 15.3 Å². The van der Waals surface area contributed by atoms with E-state index in [9.17, 15) is 24.3 Å². The first kappa shape index (κ1) is 18.3. The summed E-state index contributed by atoms with van der Waals surface area (Å²) in [6.07, 6.45) is -0.203. The number of rotatable bonds is 6. The zero-order valence-corrected chi connectivity index (χ0v) is 14.6. The van der Waals surface area contributed by atoms with Gasteiger partial charge in [0.25, 0.3) is 5.91 Å². The number of carboxylic acids is 1. The minimum Gasteiger partial charge on any atom is -0.550 e. The molecule has 0 aromatic heterocycles. The van der Waals surface area contributed by atoms with E-state index in [1.165, 1.54) is 13.0 Å². The molecule has 1 fully saturated rings. The van der Waals surface area contributed by atoms with Crippen LogP contribution in [-0.2, 0) is 20.8 Å². The van der Waals surface area contributed by atoms with Gasteiger partial charge in [-0.1, -0.05) is 24.3 Å². The van der Waals surface area contributed by atoms with E-state index in [0.717, 1.165) is 4.90 Å². The van der Waals surface area contributed by atoms with Crippen LogP contribution in [0.4, 0.5) is 11.4 Å². The number of carbonyl (C=O) groups excluding carboxylic acids is 4. The molecule has 0 radical (unpaired) electrons. The summed E-state index contributed by atoms with van der Waals surface area (Å²) in [5.74, 6) is -2.08. The Labute approximate surface area is 155 Å². The zero-order valence-electron chi connectivity index (χ0n) is 14.6. The normalized spacial score (nSPS) is 16.5. The average molecular weight is 365 g/mol. The first-order chi connectivity index (χ1) is 12.8. The Morgan fingerprint density at radius 2 is 1.85 bits per heavy atom. The highest BCUT2D eigenvalue weighted by molar-refractivity contribution is 6.23. The van der Waals surface area contributed by atoms with Gasteiger partial charge in [-0.15, -0.1) is 0 Å². The van der Waals surface area contributed by atoms with Crippen molar-refractivity contribution >= 4 is 34.9 Å². The third-order valence-corrected chi connectivity index (χ3v) is 4.30. The maximum Gasteiger partial charge on any atom is 0.256 e. The molecule has 138 valence electrons. The summed E-state index contributed by atoms with van der Waals surface area (Å²) in [7, 11) is 0. The molecule has 27 heavy (non-hydrogen) atoms. The van der Waals surface area contributed by atoms with Crippen molar-refractivity contribution in [2.75, 3.05) is 10.2 Å². The minimum atomic E-state index is -1.17. The summed E-state index contributed by atoms with van der Waals surface area (Å²) < 4.78 is 0. The predicted molar refractivity (Wildman–Crippen MR) is 96.1 cm³/mol.